The van der Waals surface area contributed by atoms with Crippen molar-refractivity contribution in [1.82, 2.24) is 0 Å². The molecule has 7 aromatic carbocycles. The molecule has 0 radical (unpaired) electrons. The summed E-state index contributed by atoms with van der Waals surface area (Å²) in [6.45, 7) is 0. The highest BCUT2D eigenvalue weighted by Crippen LogP contribution is 2.39. The Morgan fingerprint density at radius 3 is 1.37 bits per heavy atom. The average molecular weight is 590 g/mol. The van der Waals surface area contributed by atoms with Crippen LogP contribution in [-0.2, 0) is 0 Å². The zero-order valence-electron chi connectivity index (χ0n) is 25.3. The van der Waals surface area contributed by atoms with E-state index in [1.54, 1.807) is 0 Å². The van der Waals surface area contributed by atoms with E-state index in [0.29, 0.717) is 0 Å². The second-order valence-electron chi connectivity index (χ2n) is 11.4. The first-order chi connectivity index (χ1) is 22.8. The standard InChI is InChI=1S/C44H31NO/c1-3-11-32(12-4-1)34-21-23-35(24-22-34)36-25-27-40(28-26-36)45(41-18-9-16-37(29-41)33-13-5-2-6-14-33)42-19-10-17-38(30-42)44-31-39-15-7-8-20-43(39)46-44/h1-31H. The van der Waals surface area contributed by atoms with E-state index < -0.39 is 0 Å². The summed E-state index contributed by atoms with van der Waals surface area (Å²) in [6, 6.07) is 66.3. The Balaban J connectivity index is 1.19. The molecule has 0 bridgehead atoms. The summed E-state index contributed by atoms with van der Waals surface area (Å²) >= 11 is 0. The predicted octanol–water partition coefficient (Wildman–Crippen LogP) is 12.6. The molecule has 2 nitrogen and oxygen atoms in total. The molecular weight excluding hydrogens is 558 g/mol. The lowest BCUT2D eigenvalue weighted by Gasteiger charge is -2.26. The molecule has 0 fully saturated rings. The van der Waals surface area contributed by atoms with E-state index in [9.17, 15) is 0 Å². The van der Waals surface area contributed by atoms with Gasteiger partial charge in [0.1, 0.15) is 11.3 Å². The van der Waals surface area contributed by atoms with Crippen molar-refractivity contribution < 1.29 is 4.42 Å². The third kappa shape index (κ3) is 5.49. The van der Waals surface area contributed by atoms with Gasteiger partial charge in [-0.2, -0.15) is 0 Å². The first-order valence-corrected chi connectivity index (χ1v) is 15.6. The number of hydrogen-bond acceptors (Lipinski definition) is 2. The summed E-state index contributed by atoms with van der Waals surface area (Å²) in [5.41, 5.74) is 12.3. The van der Waals surface area contributed by atoms with Crippen LogP contribution in [0.3, 0.4) is 0 Å². The van der Waals surface area contributed by atoms with Crippen LogP contribution in [0.1, 0.15) is 0 Å². The van der Waals surface area contributed by atoms with Crippen LogP contribution < -0.4 is 4.90 Å². The van der Waals surface area contributed by atoms with Crippen LogP contribution in [0.4, 0.5) is 17.1 Å². The van der Waals surface area contributed by atoms with Gasteiger partial charge in [-0.05, 0) is 81.9 Å². The molecule has 1 aromatic heterocycles. The number of furan rings is 1. The first kappa shape index (κ1) is 27.4. The molecule has 0 amide bonds. The van der Waals surface area contributed by atoms with Gasteiger partial charge in [-0.1, -0.05) is 140 Å². The maximum Gasteiger partial charge on any atom is 0.135 e. The van der Waals surface area contributed by atoms with E-state index in [4.69, 9.17) is 4.42 Å². The molecule has 0 atom stereocenters. The summed E-state index contributed by atoms with van der Waals surface area (Å²) in [4.78, 5) is 2.32. The number of para-hydroxylation sites is 1. The molecular formula is C44H31NO. The summed E-state index contributed by atoms with van der Waals surface area (Å²) < 4.78 is 6.26. The van der Waals surface area contributed by atoms with E-state index in [1.807, 2.05) is 18.2 Å². The Morgan fingerprint density at radius 1 is 0.304 bits per heavy atom. The Kier molecular flexibility index (Phi) is 7.22. The second kappa shape index (κ2) is 12.1. The fourth-order valence-corrected chi connectivity index (χ4v) is 6.11. The number of hydrogen-bond donors (Lipinski definition) is 0. The van der Waals surface area contributed by atoms with Gasteiger partial charge in [0.15, 0.2) is 0 Å². The number of rotatable bonds is 7. The van der Waals surface area contributed by atoms with Crippen LogP contribution in [0, 0.1) is 0 Å². The van der Waals surface area contributed by atoms with Gasteiger partial charge in [-0.15, -0.1) is 0 Å². The fraction of sp³-hybridized carbons (Fsp3) is 0. The van der Waals surface area contributed by atoms with E-state index in [1.165, 1.54) is 33.4 Å². The highest BCUT2D eigenvalue weighted by atomic mass is 16.3. The Bertz CT molecular complexity index is 2200. The minimum absolute atomic E-state index is 0.857. The van der Waals surface area contributed by atoms with E-state index in [0.717, 1.165) is 39.4 Å². The average Bonchev–Trinajstić information content (AvgIpc) is 3.58. The second-order valence-corrected chi connectivity index (χ2v) is 11.4. The zero-order chi connectivity index (χ0) is 30.7. The molecule has 0 aliphatic heterocycles. The third-order valence-corrected chi connectivity index (χ3v) is 8.48. The SMILES string of the molecule is c1ccc(-c2ccc(-c3ccc(N(c4cccc(-c5ccccc5)c4)c4cccc(-c5cc6ccccc6o5)c4)cc3)cc2)cc1. The van der Waals surface area contributed by atoms with Gasteiger partial charge in [0, 0.05) is 28.0 Å². The predicted molar refractivity (Wildman–Crippen MR) is 193 cm³/mol. The summed E-state index contributed by atoms with van der Waals surface area (Å²) in [5.74, 6) is 0.857. The lowest BCUT2D eigenvalue weighted by molar-refractivity contribution is 0.631. The fourth-order valence-electron chi connectivity index (χ4n) is 6.11. The van der Waals surface area contributed by atoms with E-state index in [2.05, 4.69) is 175 Å². The molecule has 0 spiro atoms. The van der Waals surface area contributed by atoms with Crippen molar-refractivity contribution in [2.45, 2.75) is 0 Å². The van der Waals surface area contributed by atoms with Crippen molar-refractivity contribution in [3.63, 3.8) is 0 Å². The monoisotopic (exact) mass is 589 g/mol. The van der Waals surface area contributed by atoms with E-state index in [-0.39, 0.29) is 0 Å². The van der Waals surface area contributed by atoms with Gasteiger partial charge in [0.2, 0.25) is 0 Å². The minimum atomic E-state index is 0.857. The van der Waals surface area contributed by atoms with Crippen LogP contribution in [0.15, 0.2) is 192 Å². The highest BCUT2D eigenvalue weighted by Gasteiger charge is 2.16. The van der Waals surface area contributed by atoms with Crippen LogP contribution in [0.2, 0.25) is 0 Å². The molecule has 0 aliphatic carbocycles. The maximum atomic E-state index is 6.26. The third-order valence-electron chi connectivity index (χ3n) is 8.48. The quantitative estimate of drug-likeness (QED) is 0.184. The first-order valence-electron chi connectivity index (χ1n) is 15.6. The van der Waals surface area contributed by atoms with Gasteiger partial charge in [-0.3, -0.25) is 0 Å². The molecule has 0 saturated carbocycles. The van der Waals surface area contributed by atoms with Crippen molar-refractivity contribution in [2.75, 3.05) is 4.90 Å². The van der Waals surface area contributed by atoms with Crippen molar-refractivity contribution in [3.8, 4) is 44.7 Å². The van der Waals surface area contributed by atoms with Gasteiger partial charge >= 0.3 is 0 Å². The Hall–Kier alpha value is -6.12. The van der Waals surface area contributed by atoms with Gasteiger partial charge in [-0.25, -0.2) is 0 Å². The van der Waals surface area contributed by atoms with E-state index >= 15 is 0 Å². The lowest BCUT2D eigenvalue weighted by Crippen LogP contribution is -2.10. The largest absolute Gasteiger partial charge is 0.456 e. The molecule has 0 unspecified atom stereocenters. The highest BCUT2D eigenvalue weighted by molar-refractivity contribution is 5.86. The lowest BCUT2D eigenvalue weighted by atomic mass is 10.00. The Labute approximate surface area is 269 Å². The zero-order valence-corrected chi connectivity index (χ0v) is 25.3. The van der Waals surface area contributed by atoms with Crippen molar-refractivity contribution in [3.05, 3.63) is 188 Å². The number of benzene rings is 7. The van der Waals surface area contributed by atoms with Crippen molar-refractivity contribution in [1.29, 1.82) is 0 Å². The van der Waals surface area contributed by atoms with Gasteiger partial charge < -0.3 is 9.32 Å². The Morgan fingerprint density at radius 2 is 0.761 bits per heavy atom. The number of anilines is 3. The van der Waals surface area contributed by atoms with Crippen LogP contribution in [-0.4, -0.2) is 0 Å². The summed E-state index contributed by atoms with van der Waals surface area (Å²) in [7, 11) is 0. The van der Waals surface area contributed by atoms with Gasteiger partial charge in [0.25, 0.3) is 0 Å². The molecule has 46 heavy (non-hydrogen) atoms. The molecule has 0 N–H and O–H groups in total. The van der Waals surface area contributed by atoms with Crippen molar-refractivity contribution >= 4 is 28.0 Å². The number of fused-ring (bicyclic) bond motifs is 1. The molecule has 8 aromatic rings. The van der Waals surface area contributed by atoms with Crippen LogP contribution in [0.5, 0.6) is 0 Å². The molecule has 8 rings (SSSR count). The topological polar surface area (TPSA) is 16.4 Å². The van der Waals surface area contributed by atoms with Gasteiger partial charge in [0.05, 0.1) is 0 Å². The molecule has 2 heteroatoms. The van der Waals surface area contributed by atoms with Crippen molar-refractivity contribution in [2.24, 2.45) is 0 Å². The summed E-state index contributed by atoms with van der Waals surface area (Å²) in [6.07, 6.45) is 0. The smallest absolute Gasteiger partial charge is 0.135 e. The molecule has 1 heterocycles. The minimum Gasteiger partial charge on any atom is -0.456 e. The summed E-state index contributed by atoms with van der Waals surface area (Å²) in [5, 5.41) is 1.10. The molecule has 0 saturated heterocycles. The molecule has 0 aliphatic rings. The maximum absolute atomic E-state index is 6.26. The molecule has 218 valence electrons. The van der Waals surface area contributed by atoms with Crippen LogP contribution in [0.25, 0.3) is 55.7 Å². The number of nitrogens with zero attached hydrogens (tertiary/aromatic N) is 1. The normalized spacial score (nSPS) is 11.0. The van der Waals surface area contributed by atoms with Crippen LogP contribution >= 0.6 is 0 Å².